The van der Waals surface area contributed by atoms with Gasteiger partial charge in [-0.05, 0) is 88.5 Å². The zero-order valence-electron chi connectivity index (χ0n) is 21.6. The molecule has 178 valence electrons. The molecule has 2 nitrogen and oxygen atoms in total. The van der Waals surface area contributed by atoms with Crippen LogP contribution in [0, 0.1) is 19.3 Å². The van der Waals surface area contributed by atoms with E-state index in [0.29, 0.717) is 11.2 Å². The number of ether oxygens (including phenoxy) is 1. The summed E-state index contributed by atoms with van der Waals surface area (Å²) in [7, 11) is 0. The molecule has 1 heterocycles. The third-order valence-electron chi connectivity index (χ3n) is 5.79. The second kappa shape index (κ2) is 16.3. The summed E-state index contributed by atoms with van der Waals surface area (Å²) in [4.78, 5) is 0. The van der Waals surface area contributed by atoms with Gasteiger partial charge in [-0.1, -0.05) is 74.0 Å². The van der Waals surface area contributed by atoms with Crippen LogP contribution in [0.25, 0.3) is 0 Å². The van der Waals surface area contributed by atoms with Gasteiger partial charge in [0.1, 0.15) is 5.75 Å². The summed E-state index contributed by atoms with van der Waals surface area (Å²) in [5, 5.41) is 8.92. The van der Waals surface area contributed by atoms with Crippen LogP contribution >= 0.6 is 0 Å². The summed E-state index contributed by atoms with van der Waals surface area (Å²) in [6.45, 7) is 24.0. The van der Waals surface area contributed by atoms with Gasteiger partial charge >= 0.3 is 0 Å². The predicted molar refractivity (Wildman–Crippen MR) is 141 cm³/mol. The van der Waals surface area contributed by atoms with Crippen LogP contribution in [0.1, 0.15) is 70.6 Å². The van der Waals surface area contributed by atoms with E-state index in [1.165, 1.54) is 41.5 Å². The molecule has 0 amide bonds. The molecule has 1 aliphatic heterocycles. The quantitative estimate of drug-likeness (QED) is 0.486. The predicted octanol–water partition coefficient (Wildman–Crippen LogP) is 8.61. The number of phenolic OH excluding ortho intramolecular Hbond substituents is 1. The van der Waals surface area contributed by atoms with Crippen molar-refractivity contribution < 1.29 is 9.84 Å². The second-order valence-corrected chi connectivity index (χ2v) is 8.80. The number of aryl methyl sites for hydroxylation is 3. The van der Waals surface area contributed by atoms with E-state index in [4.69, 9.17) is 9.84 Å². The summed E-state index contributed by atoms with van der Waals surface area (Å²) in [6.07, 6.45) is 4.69. The van der Waals surface area contributed by atoms with Gasteiger partial charge in [0.15, 0.2) is 0 Å². The SMILES string of the molecule is C=C(C)C.C=C(C)C1(CC)CCOCC1.CCc1ccccc1C.Cc1ccccc1O. The van der Waals surface area contributed by atoms with E-state index in [1.54, 1.807) is 6.07 Å². The van der Waals surface area contributed by atoms with Gasteiger partial charge in [-0.2, -0.15) is 0 Å². The lowest BCUT2D eigenvalue weighted by molar-refractivity contribution is 0.0306. The van der Waals surface area contributed by atoms with Crippen molar-refractivity contribution in [2.24, 2.45) is 5.41 Å². The Bertz CT molecular complexity index is 773. The molecule has 1 fully saturated rings. The maximum Gasteiger partial charge on any atom is 0.118 e. The highest BCUT2D eigenvalue weighted by atomic mass is 16.5. The van der Waals surface area contributed by atoms with Gasteiger partial charge in [0.25, 0.3) is 0 Å². The molecule has 1 aliphatic rings. The van der Waals surface area contributed by atoms with E-state index in [9.17, 15) is 0 Å². The number of benzene rings is 2. The maximum absolute atomic E-state index is 8.92. The van der Waals surface area contributed by atoms with Crippen molar-refractivity contribution in [1.29, 1.82) is 0 Å². The van der Waals surface area contributed by atoms with Crippen molar-refractivity contribution in [3.05, 3.63) is 89.5 Å². The van der Waals surface area contributed by atoms with E-state index < -0.39 is 0 Å². The summed E-state index contributed by atoms with van der Waals surface area (Å²) in [5.41, 5.74) is 6.69. The van der Waals surface area contributed by atoms with Crippen LogP contribution in [0.3, 0.4) is 0 Å². The van der Waals surface area contributed by atoms with Crippen molar-refractivity contribution in [2.75, 3.05) is 13.2 Å². The Morgan fingerprint density at radius 1 is 0.875 bits per heavy atom. The molecule has 2 heteroatoms. The molecule has 0 unspecified atom stereocenters. The van der Waals surface area contributed by atoms with Crippen LogP contribution in [-0.4, -0.2) is 18.3 Å². The lowest BCUT2D eigenvalue weighted by atomic mass is 9.73. The molecule has 2 aromatic carbocycles. The van der Waals surface area contributed by atoms with E-state index >= 15 is 0 Å². The standard InChI is InChI=1S/C10H18O.C9H12.C7H8O.C4H8/c1-4-10(9(2)3)5-7-11-8-6-10;1-3-9-7-5-4-6-8(9)2;1-6-4-2-3-5-7(6)8;1-4(2)3/h2,4-8H2,1,3H3;4-7H,3H2,1-2H3;2-5,8H,1H3;1H2,2-3H3. The molecule has 0 aliphatic carbocycles. The van der Waals surface area contributed by atoms with Crippen LogP contribution in [0.5, 0.6) is 5.75 Å². The van der Waals surface area contributed by atoms with Gasteiger partial charge in [0.2, 0.25) is 0 Å². The van der Waals surface area contributed by atoms with Crippen LogP contribution in [0.2, 0.25) is 0 Å². The average Bonchev–Trinajstić information content (AvgIpc) is 2.77. The zero-order chi connectivity index (χ0) is 24.6. The molecule has 1 saturated heterocycles. The number of aromatic hydroxyl groups is 1. The van der Waals surface area contributed by atoms with Crippen LogP contribution in [0.15, 0.2) is 72.8 Å². The summed E-state index contributed by atoms with van der Waals surface area (Å²) in [6, 6.07) is 15.7. The molecular formula is C30H46O2. The van der Waals surface area contributed by atoms with Crippen molar-refractivity contribution in [3.8, 4) is 5.75 Å². The highest BCUT2D eigenvalue weighted by molar-refractivity contribution is 5.29. The first-order valence-electron chi connectivity index (χ1n) is 11.7. The summed E-state index contributed by atoms with van der Waals surface area (Å²) < 4.78 is 5.34. The van der Waals surface area contributed by atoms with Gasteiger partial charge in [-0.25, -0.2) is 0 Å². The fourth-order valence-corrected chi connectivity index (χ4v) is 3.41. The maximum atomic E-state index is 8.92. The Labute approximate surface area is 198 Å². The number of rotatable bonds is 3. The first-order valence-corrected chi connectivity index (χ1v) is 11.7. The Morgan fingerprint density at radius 3 is 1.62 bits per heavy atom. The fraction of sp³-hybridized carbons (Fsp3) is 0.467. The van der Waals surface area contributed by atoms with Crippen LogP contribution in [0.4, 0.5) is 0 Å². The molecular weight excluding hydrogens is 392 g/mol. The second-order valence-electron chi connectivity index (χ2n) is 8.80. The molecule has 2 aromatic rings. The number of para-hydroxylation sites is 1. The Kier molecular flexibility index (Phi) is 15.1. The minimum absolute atomic E-state index is 0.368. The topological polar surface area (TPSA) is 29.5 Å². The Hall–Kier alpha value is -2.32. The molecule has 32 heavy (non-hydrogen) atoms. The summed E-state index contributed by atoms with van der Waals surface area (Å²) in [5.74, 6) is 0.368. The van der Waals surface area contributed by atoms with E-state index in [2.05, 4.69) is 65.1 Å². The van der Waals surface area contributed by atoms with Crippen molar-refractivity contribution in [3.63, 3.8) is 0 Å². The third-order valence-corrected chi connectivity index (χ3v) is 5.79. The molecule has 3 rings (SSSR count). The first-order chi connectivity index (χ1) is 15.1. The Morgan fingerprint density at radius 2 is 1.34 bits per heavy atom. The highest BCUT2D eigenvalue weighted by Crippen LogP contribution is 2.39. The lowest BCUT2D eigenvalue weighted by Crippen LogP contribution is -2.29. The minimum Gasteiger partial charge on any atom is -0.508 e. The van der Waals surface area contributed by atoms with Gasteiger partial charge in [-0.3, -0.25) is 0 Å². The fourth-order valence-electron chi connectivity index (χ4n) is 3.41. The molecule has 0 saturated carbocycles. The van der Waals surface area contributed by atoms with Crippen molar-refractivity contribution in [1.82, 2.24) is 0 Å². The molecule has 0 bridgehead atoms. The summed E-state index contributed by atoms with van der Waals surface area (Å²) >= 11 is 0. The van der Waals surface area contributed by atoms with Crippen molar-refractivity contribution >= 4 is 0 Å². The van der Waals surface area contributed by atoms with E-state index in [0.717, 1.165) is 25.2 Å². The smallest absolute Gasteiger partial charge is 0.118 e. The zero-order valence-corrected chi connectivity index (χ0v) is 21.6. The van der Waals surface area contributed by atoms with Crippen LogP contribution in [-0.2, 0) is 11.2 Å². The number of allylic oxidation sites excluding steroid dienone is 2. The molecule has 0 radical (unpaired) electrons. The Balaban J connectivity index is 0.000000420. The molecule has 0 spiro atoms. The molecule has 0 atom stereocenters. The van der Waals surface area contributed by atoms with E-state index in [-0.39, 0.29) is 0 Å². The highest BCUT2D eigenvalue weighted by Gasteiger charge is 2.30. The lowest BCUT2D eigenvalue weighted by Gasteiger charge is -2.37. The van der Waals surface area contributed by atoms with E-state index in [1.807, 2.05) is 39.0 Å². The van der Waals surface area contributed by atoms with Gasteiger partial charge < -0.3 is 9.84 Å². The monoisotopic (exact) mass is 438 g/mol. The van der Waals surface area contributed by atoms with Gasteiger partial charge in [0, 0.05) is 13.2 Å². The van der Waals surface area contributed by atoms with Gasteiger partial charge in [0.05, 0.1) is 0 Å². The molecule has 0 aromatic heterocycles. The molecule has 1 N–H and O–H groups in total. The van der Waals surface area contributed by atoms with Crippen molar-refractivity contribution in [2.45, 2.75) is 74.1 Å². The first kappa shape index (κ1) is 29.7. The minimum atomic E-state index is 0.368. The number of hydrogen-bond acceptors (Lipinski definition) is 2. The number of hydrogen-bond donors (Lipinski definition) is 1. The third kappa shape index (κ3) is 11.9. The normalized spacial score (nSPS) is 13.7. The average molecular weight is 439 g/mol. The largest absolute Gasteiger partial charge is 0.508 e. The number of phenols is 1. The van der Waals surface area contributed by atoms with Crippen LogP contribution < -0.4 is 0 Å². The van der Waals surface area contributed by atoms with Gasteiger partial charge in [-0.15, -0.1) is 6.58 Å².